The Bertz CT molecular complexity index is 1840. The number of ether oxygens (including phenoxy) is 1. The molecular formula is C23H18F3N9O4S. The minimum atomic E-state index is -4.70. The predicted molar refractivity (Wildman–Crippen MR) is 136 cm³/mol. The van der Waals surface area contributed by atoms with Crippen molar-refractivity contribution in [2.24, 2.45) is 0 Å². The Kier molecular flexibility index (Phi) is 6.00. The second-order valence-electron chi connectivity index (χ2n) is 9.04. The number of nitrogens with two attached hydrogens (primary N) is 1. The second-order valence-corrected chi connectivity index (χ2v) is 9.81. The van der Waals surface area contributed by atoms with Crippen LogP contribution in [-0.2, 0) is 15.7 Å². The molecule has 40 heavy (non-hydrogen) atoms. The van der Waals surface area contributed by atoms with Crippen LogP contribution in [0.1, 0.15) is 24.5 Å². The number of nitrogens with one attached hydrogen (secondary N) is 1. The molecule has 4 N–H and O–H groups in total. The van der Waals surface area contributed by atoms with E-state index in [4.69, 9.17) is 10.5 Å². The number of morpholine rings is 1. The summed E-state index contributed by atoms with van der Waals surface area (Å²) in [7, 11) is 0. The first-order chi connectivity index (χ1) is 19.0. The highest BCUT2D eigenvalue weighted by Gasteiger charge is 2.41. The summed E-state index contributed by atoms with van der Waals surface area (Å²) in [5, 5.41) is 22.7. The van der Waals surface area contributed by atoms with E-state index in [9.17, 15) is 27.9 Å². The molecule has 206 valence electrons. The highest BCUT2D eigenvalue weighted by molar-refractivity contribution is 7.14. The Hall–Kier alpha value is -4.48. The van der Waals surface area contributed by atoms with E-state index in [0.29, 0.717) is 15.6 Å². The first-order valence-electron chi connectivity index (χ1n) is 11.7. The maximum Gasteiger partial charge on any atom is 0.435 e. The van der Waals surface area contributed by atoms with Gasteiger partial charge in [0.1, 0.15) is 17.7 Å². The van der Waals surface area contributed by atoms with Gasteiger partial charge in [-0.15, -0.1) is 10.2 Å². The topological polar surface area (TPSA) is 178 Å². The number of H-pyrrole nitrogens is 1. The predicted octanol–water partition coefficient (Wildman–Crippen LogP) is 1.96. The van der Waals surface area contributed by atoms with Crippen LogP contribution in [-0.4, -0.2) is 64.1 Å². The Morgan fingerprint density at radius 3 is 2.85 bits per heavy atom. The van der Waals surface area contributed by atoms with E-state index in [-0.39, 0.29) is 35.1 Å². The van der Waals surface area contributed by atoms with Crippen LogP contribution in [0.3, 0.4) is 0 Å². The Labute approximate surface area is 225 Å². The Balaban J connectivity index is 1.30. The van der Waals surface area contributed by atoms with Crippen molar-refractivity contribution >= 4 is 50.1 Å². The van der Waals surface area contributed by atoms with Crippen LogP contribution in [0.15, 0.2) is 41.5 Å². The number of aromatic amines is 1. The molecule has 0 spiro atoms. The van der Waals surface area contributed by atoms with Gasteiger partial charge in [0.15, 0.2) is 17.6 Å². The number of nitrogens with zero attached hydrogens (tertiary/aromatic N) is 7. The van der Waals surface area contributed by atoms with Gasteiger partial charge in [-0.05, 0) is 36.7 Å². The van der Waals surface area contributed by atoms with E-state index in [1.54, 1.807) is 19.1 Å². The zero-order valence-electron chi connectivity index (χ0n) is 20.3. The number of alkyl halides is 3. The van der Waals surface area contributed by atoms with Gasteiger partial charge in [-0.2, -0.15) is 27.6 Å². The summed E-state index contributed by atoms with van der Waals surface area (Å²) in [4.78, 5) is 34.5. The van der Waals surface area contributed by atoms with E-state index < -0.39 is 41.6 Å². The molecule has 1 fully saturated rings. The van der Waals surface area contributed by atoms with E-state index in [1.807, 2.05) is 0 Å². The Morgan fingerprint density at radius 1 is 1.27 bits per heavy atom. The zero-order chi connectivity index (χ0) is 28.3. The van der Waals surface area contributed by atoms with Gasteiger partial charge in [-0.1, -0.05) is 0 Å². The van der Waals surface area contributed by atoms with Crippen molar-refractivity contribution in [3.8, 4) is 5.69 Å². The van der Waals surface area contributed by atoms with Crippen LogP contribution in [0.25, 0.3) is 26.7 Å². The van der Waals surface area contributed by atoms with Crippen LogP contribution in [0.4, 0.5) is 24.8 Å². The van der Waals surface area contributed by atoms with Gasteiger partial charge in [0.25, 0.3) is 11.5 Å². The average Bonchev–Trinajstić information content (AvgIpc) is 3.56. The lowest BCUT2D eigenvalue weighted by atomic mass is 10.1. The number of rotatable bonds is 4. The van der Waals surface area contributed by atoms with Crippen molar-refractivity contribution in [1.29, 1.82) is 0 Å². The summed E-state index contributed by atoms with van der Waals surface area (Å²) < 4.78 is 50.6. The molecule has 1 amide bonds. The van der Waals surface area contributed by atoms with Crippen molar-refractivity contribution < 1.29 is 27.8 Å². The minimum Gasteiger partial charge on any atom is -0.382 e. The highest BCUT2D eigenvalue weighted by atomic mass is 32.1. The first-order valence-corrected chi connectivity index (χ1v) is 12.5. The zero-order valence-corrected chi connectivity index (χ0v) is 21.1. The number of anilines is 2. The molecule has 4 aromatic heterocycles. The lowest BCUT2D eigenvalue weighted by molar-refractivity contribution is -0.151. The number of aromatic nitrogens is 7. The fraction of sp³-hybridized carbons (Fsp3) is 0.261. The van der Waals surface area contributed by atoms with E-state index in [1.165, 1.54) is 17.2 Å². The van der Waals surface area contributed by atoms with Crippen molar-refractivity contribution in [2.75, 3.05) is 17.2 Å². The van der Waals surface area contributed by atoms with Gasteiger partial charge in [-0.3, -0.25) is 14.5 Å². The summed E-state index contributed by atoms with van der Waals surface area (Å²) in [5.74, 6) is -0.486. The first kappa shape index (κ1) is 25.8. The third-order valence-electron chi connectivity index (χ3n) is 6.31. The SMILES string of the molecule is C[C@H]1CN(c2ccn(-c3cnnc(C(F)(F)F)c3)n2)C(=O)[C@@H](C(O)c2nc(=O)c3c(ccc4c(N)nsc43)[nH]2)O1. The van der Waals surface area contributed by atoms with Crippen molar-refractivity contribution in [3.05, 3.63) is 58.5 Å². The van der Waals surface area contributed by atoms with Crippen LogP contribution in [0, 0.1) is 0 Å². The third kappa shape index (κ3) is 4.33. The number of nitrogen functional groups attached to an aromatic ring is 1. The van der Waals surface area contributed by atoms with Gasteiger partial charge in [-0.25, -0.2) is 4.68 Å². The number of carbonyl (C=O) groups is 1. The molecule has 1 aliphatic heterocycles. The molecule has 6 rings (SSSR count). The van der Waals surface area contributed by atoms with E-state index in [0.717, 1.165) is 28.5 Å². The number of halogens is 3. The molecule has 0 radical (unpaired) electrons. The molecule has 5 aromatic rings. The molecule has 0 aliphatic carbocycles. The number of aliphatic hydroxyl groups excluding tert-OH is 1. The monoisotopic (exact) mass is 573 g/mol. The summed E-state index contributed by atoms with van der Waals surface area (Å²) >= 11 is 1.05. The molecule has 1 unspecified atom stereocenters. The molecule has 13 nitrogen and oxygen atoms in total. The van der Waals surface area contributed by atoms with Crippen molar-refractivity contribution in [1.82, 2.24) is 34.3 Å². The molecule has 3 atom stereocenters. The molecular weight excluding hydrogens is 555 g/mol. The highest BCUT2D eigenvalue weighted by Crippen LogP contribution is 2.32. The van der Waals surface area contributed by atoms with Crippen LogP contribution in [0.2, 0.25) is 0 Å². The molecule has 1 aliphatic rings. The van der Waals surface area contributed by atoms with Crippen LogP contribution >= 0.6 is 11.5 Å². The second kappa shape index (κ2) is 9.32. The van der Waals surface area contributed by atoms with Crippen LogP contribution < -0.4 is 16.2 Å². The standard InChI is InChI=1S/C23H18F3N9O4S/c1-9-8-34(14-4-5-35(32-14)10-6-13(23(24,25)26)31-28-7-10)22(38)17(39-9)16(36)20-29-12-3-2-11-18(40-33-19(11)27)15(12)21(37)30-20/h2-7,9,16-17,36H,8H2,1H3,(H2,27,33)(H,29,30,37)/t9-,16?,17+/m0/s1. The average molecular weight is 574 g/mol. The smallest absolute Gasteiger partial charge is 0.382 e. The summed E-state index contributed by atoms with van der Waals surface area (Å²) in [6.07, 6.45) is -5.93. The molecule has 1 saturated heterocycles. The number of aliphatic hydroxyl groups is 1. The lowest BCUT2D eigenvalue weighted by Gasteiger charge is -2.36. The van der Waals surface area contributed by atoms with Crippen molar-refractivity contribution in [3.63, 3.8) is 0 Å². The quantitative estimate of drug-likeness (QED) is 0.288. The number of amides is 1. The Morgan fingerprint density at radius 2 is 2.08 bits per heavy atom. The molecule has 5 heterocycles. The summed E-state index contributed by atoms with van der Waals surface area (Å²) in [6.45, 7) is 1.72. The fourth-order valence-corrected chi connectivity index (χ4v) is 5.29. The van der Waals surface area contributed by atoms with Gasteiger partial charge < -0.3 is 20.6 Å². The normalized spacial score (nSPS) is 19.0. The van der Waals surface area contributed by atoms with Gasteiger partial charge >= 0.3 is 6.18 Å². The van der Waals surface area contributed by atoms with E-state index >= 15 is 0 Å². The number of benzene rings is 1. The molecule has 0 bridgehead atoms. The number of hydrogen-bond donors (Lipinski definition) is 3. The van der Waals surface area contributed by atoms with Gasteiger partial charge in [0.05, 0.1) is 40.1 Å². The largest absolute Gasteiger partial charge is 0.435 e. The van der Waals surface area contributed by atoms with Crippen molar-refractivity contribution in [2.45, 2.75) is 31.4 Å². The van der Waals surface area contributed by atoms with Gasteiger partial charge in [0, 0.05) is 17.6 Å². The summed E-state index contributed by atoms with van der Waals surface area (Å²) in [5.41, 5.74) is 4.35. The minimum absolute atomic E-state index is 0.0198. The number of fused-ring (bicyclic) bond motifs is 3. The number of hydrogen-bond acceptors (Lipinski definition) is 11. The maximum absolute atomic E-state index is 13.4. The molecule has 0 saturated carbocycles. The molecule has 1 aromatic carbocycles. The maximum atomic E-state index is 13.4. The fourth-order valence-electron chi connectivity index (χ4n) is 4.44. The summed E-state index contributed by atoms with van der Waals surface area (Å²) in [6, 6.07) is 5.48. The third-order valence-corrected chi connectivity index (χ3v) is 7.20. The lowest BCUT2D eigenvalue weighted by Crippen LogP contribution is -2.54. The van der Waals surface area contributed by atoms with Crippen LogP contribution in [0.5, 0.6) is 0 Å². The number of carbonyl (C=O) groups excluding carboxylic acids is 1. The molecule has 17 heteroatoms. The van der Waals surface area contributed by atoms with E-state index in [2.05, 4.69) is 29.6 Å². The van der Waals surface area contributed by atoms with Gasteiger partial charge in [0.2, 0.25) is 0 Å².